The van der Waals surface area contributed by atoms with Crippen molar-refractivity contribution < 1.29 is 14.7 Å². The number of carbonyl (C=O) groups excluding carboxylic acids is 1. The first-order valence-corrected chi connectivity index (χ1v) is 14.5. The van der Waals surface area contributed by atoms with Gasteiger partial charge in [0.2, 0.25) is 5.91 Å². The Morgan fingerprint density at radius 2 is 1.72 bits per heavy atom. The molecule has 0 bridgehead atoms. The Labute approximate surface area is 255 Å². The summed E-state index contributed by atoms with van der Waals surface area (Å²) in [7, 11) is 0. The third kappa shape index (κ3) is 5.47. The number of carboxylic acid groups (broad SMARTS) is 1. The van der Waals surface area contributed by atoms with Gasteiger partial charge < -0.3 is 25.2 Å². The smallest absolute Gasteiger partial charge is 0.335 e. The average Bonchev–Trinajstić information content (AvgIpc) is 3.50. The summed E-state index contributed by atoms with van der Waals surface area (Å²) in [6.07, 6.45) is 2.01. The van der Waals surface area contributed by atoms with E-state index in [1.54, 1.807) is 18.3 Å². The first-order chi connectivity index (χ1) is 20.8. The highest BCUT2D eigenvalue weighted by Crippen LogP contribution is 2.41. The maximum atomic E-state index is 13.2. The molecule has 3 N–H and O–H groups in total. The summed E-state index contributed by atoms with van der Waals surface area (Å²) in [5, 5.41) is 18.5. The first-order valence-electron chi connectivity index (χ1n) is 14.1. The maximum absolute atomic E-state index is 13.2. The molecule has 5 aromatic rings. The minimum Gasteiger partial charge on any atom is -0.478 e. The standard InChI is InChI=1S/C34H31N5O3S/c1-21-20-27(22(2)39(21)25-15-13-24(14-16-25)33(41)42)32-31(29-11-5-6-18-35-29)37-34(43)38(32)19-17-30(40)36-28-12-7-9-23-8-3-4-10-26(23)28/h3-16,18,20,31-32H,17,19H2,1-2H3,(H,36,40)(H,37,43)(H,41,42)/t31-,32+/m1/s1. The lowest BCUT2D eigenvalue weighted by molar-refractivity contribution is -0.116. The fourth-order valence-corrected chi connectivity index (χ4v) is 6.32. The van der Waals surface area contributed by atoms with Crippen LogP contribution in [0.1, 0.15) is 51.5 Å². The van der Waals surface area contributed by atoms with Crippen LogP contribution in [-0.4, -0.2) is 43.1 Å². The number of hydrogen-bond acceptors (Lipinski definition) is 4. The normalized spacial score (nSPS) is 16.3. The third-order valence-electron chi connectivity index (χ3n) is 8.00. The molecule has 6 rings (SSSR count). The van der Waals surface area contributed by atoms with Crippen LogP contribution in [0.25, 0.3) is 16.5 Å². The van der Waals surface area contributed by atoms with E-state index in [-0.39, 0.29) is 30.0 Å². The molecule has 1 amide bonds. The number of carboxylic acids is 1. The van der Waals surface area contributed by atoms with Gasteiger partial charge in [-0.1, -0.05) is 42.5 Å². The zero-order chi connectivity index (χ0) is 30.1. The monoisotopic (exact) mass is 589 g/mol. The van der Waals surface area contributed by atoms with Crippen molar-refractivity contribution >= 4 is 45.7 Å². The van der Waals surface area contributed by atoms with Gasteiger partial charge in [-0.15, -0.1) is 0 Å². The molecule has 1 saturated heterocycles. The summed E-state index contributed by atoms with van der Waals surface area (Å²) in [5.74, 6) is -1.06. The van der Waals surface area contributed by atoms with Crippen LogP contribution in [-0.2, 0) is 4.79 Å². The summed E-state index contributed by atoms with van der Waals surface area (Å²) in [6.45, 7) is 4.49. The van der Waals surface area contributed by atoms with Crippen LogP contribution in [0.2, 0.25) is 0 Å². The number of aryl methyl sites for hydroxylation is 1. The molecule has 216 valence electrons. The fourth-order valence-electron chi connectivity index (χ4n) is 5.99. The molecular weight excluding hydrogens is 558 g/mol. The van der Waals surface area contributed by atoms with E-state index >= 15 is 0 Å². The molecule has 2 atom stereocenters. The van der Waals surface area contributed by atoms with Crippen molar-refractivity contribution in [3.63, 3.8) is 0 Å². The summed E-state index contributed by atoms with van der Waals surface area (Å²) >= 11 is 5.85. The number of thiocarbonyl (C=S) groups is 1. The molecule has 43 heavy (non-hydrogen) atoms. The molecule has 3 aromatic carbocycles. The lowest BCUT2D eigenvalue weighted by Gasteiger charge is -2.28. The molecule has 0 aliphatic carbocycles. The molecule has 0 radical (unpaired) electrons. The number of aromatic nitrogens is 2. The second-order valence-electron chi connectivity index (χ2n) is 10.7. The number of benzene rings is 3. The quantitative estimate of drug-likeness (QED) is 0.182. The van der Waals surface area contributed by atoms with Gasteiger partial charge in [0, 0.05) is 47.3 Å². The van der Waals surface area contributed by atoms with Crippen LogP contribution in [0, 0.1) is 13.8 Å². The summed E-state index contributed by atoms with van der Waals surface area (Å²) < 4.78 is 2.11. The van der Waals surface area contributed by atoms with Crippen molar-refractivity contribution in [1.82, 2.24) is 19.8 Å². The van der Waals surface area contributed by atoms with Crippen molar-refractivity contribution in [2.45, 2.75) is 32.4 Å². The molecule has 1 fully saturated rings. The molecule has 3 heterocycles. The second-order valence-corrected chi connectivity index (χ2v) is 11.0. The van der Waals surface area contributed by atoms with Crippen molar-refractivity contribution in [2.24, 2.45) is 0 Å². The molecule has 1 aliphatic rings. The Kier molecular flexibility index (Phi) is 7.65. The molecule has 0 spiro atoms. The molecule has 0 unspecified atom stereocenters. The van der Waals surface area contributed by atoms with Gasteiger partial charge in [0.05, 0.1) is 23.3 Å². The fraction of sp³-hybridized carbons (Fsp3) is 0.176. The van der Waals surface area contributed by atoms with Crippen molar-refractivity contribution in [3.8, 4) is 5.69 Å². The van der Waals surface area contributed by atoms with Crippen LogP contribution in [0.15, 0.2) is 97.2 Å². The van der Waals surface area contributed by atoms with Crippen LogP contribution in [0.5, 0.6) is 0 Å². The van der Waals surface area contributed by atoms with Gasteiger partial charge in [-0.05, 0) is 85.5 Å². The van der Waals surface area contributed by atoms with Gasteiger partial charge in [0.1, 0.15) is 0 Å². The summed E-state index contributed by atoms with van der Waals surface area (Å²) in [5.41, 5.74) is 5.80. The van der Waals surface area contributed by atoms with Gasteiger partial charge >= 0.3 is 5.97 Å². The minimum atomic E-state index is -0.961. The summed E-state index contributed by atoms with van der Waals surface area (Å²) in [4.78, 5) is 31.4. The van der Waals surface area contributed by atoms with Crippen LogP contribution in [0.3, 0.4) is 0 Å². The van der Waals surface area contributed by atoms with E-state index in [1.807, 2.05) is 79.7 Å². The number of hydrogen-bond donors (Lipinski definition) is 3. The minimum absolute atomic E-state index is 0.0943. The largest absolute Gasteiger partial charge is 0.478 e. The maximum Gasteiger partial charge on any atom is 0.335 e. The number of nitrogens with one attached hydrogen (secondary N) is 2. The zero-order valence-corrected chi connectivity index (χ0v) is 24.6. The van der Waals surface area contributed by atoms with Crippen molar-refractivity contribution in [2.75, 3.05) is 11.9 Å². The summed E-state index contributed by atoms with van der Waals surface area (Å²) in [6, 6.07) is 28.2. The molecule has 8 nitrogen and oxygen atoms in total. The number of pyridine rings is 1. The molecule has 2 aromatic heterocycles. The van der Waals surface area contributed by atoms with Crippen LogP contribution < -0.4 is 10.6 Å². The topological polar surface area (TPSA) is 99.5 Å². The van der Waals surface area contributed by atoms with Gasteiger partial charge in [0.25, 0.3) is 0 Å². The Hall–Kier alpha value is -5.02. The Morgan fingerprint density at radius 1 is 0.977 bits per heavy atom. The Morgan fingerprint density at radius 3 is 2.47 bits per heavy atom. The van der Waals surface area contributed by atoms with E-state index in [1.165, 1.54) is 0 Å². The van der Waals surface area contributed by atoms with Gasteiger partial charge in [-0.3, -0.25) is 9.78 Å². The second kappa shape index (κ2) is 11.7. The van der Waals surface area contributed by atoms with Crippen LogP contribution in [0.4, 0.5) is 5.69 Å². The molecule has 0 saturated carbocycles. The molecule has 9 heteroatoms. The number of anilines is 1. The zero-order valence-electron chi connectivity index (χ0n) is 23.8. The number of carbonyl (C=O) groups is 2. The van der Waals surface area contributed by atoms with E-state index in [0.717, 1.165) is 44.8 Å². The Balaban J connectivity index is 1.31. The number of rotatable bonds is 8. The lowest BCUT2D eigenvalue weighted by atomic mass is 9.96. The van der Waals surface area contributed by atoms with E-state index in [4.69, 9.17) is 12.2 Å². The van der Waals surface area contributed by atoms with Crippen LogP contribution >= 0.6 is 12.2 Å². The molecular formula is C34H31N5O3S. The first kappa shape index (κ1) is 28.1. The highest BCUT2D eigenvalue weighted by atomic mass is 32.1. The SMILES string of the molecule is Cc1cc([C@H]2[C@@H](c3ccccn3)NC(=S)N2CCC(=O)Nc2cccc3ccccc23)c(C)n1-c1ccc(C(=O)O)cc1. The number of nitrogens with zero attached hydrogens (tertiary/aromatic N) is 3. The van der Waals surface area contributed by atoms with Crippen molar-refractivity contribution in [1.29, 1.82) is 0 Å². The van der Waals surface area contributed by atoms with Crippen molar-refractivity contribution in [3.05, 3.63) is 125 Å². The van der Waals surface area contributed by atoms with Gasteiger partial charge in [0.15, 0.2) is 5.11 Å². The highest BCUT2D eigenvalue weighted by Gasteiger charge is 2.41. The third-order valence-corrected chi connectivity index (χ3v) is 8.36. The predicted molar refractivity (Wildman–Crippen MR) is 172 cm³/mol. The van der Waals surface area contributed by atoms with Gasteiger partial charge in [-0.2, -0.15) is 0 Å². The highest BCUT2D eigenvalue weighted by molar-refractivity contribution is 7.80. The predicted octanol–water partition coefficient (Wildman–Crippen LogP) is 6.34. The number of amides is 1. The van der Waals surface area contributed by atoms with Gasteiger partial charge in [-0.25, -0.2) is 4.79 Å². The van der Waals surface area contributed by atoms with E-state index < -0.39 is 5.97 Å². The Bertz CT molecular complexity index is 1830. The van der Waals surface area contributed by atoms with E-state index in [9.17, 15) is 14.7 Å². The van der Waals surface area contributed by atoms with E-state index in [0.29, 0.717) is 11.7 Å². The number of aromatic carboxylic acids is 1. The van der Waals surface area contributed by atoms with E-state index in [2.05, 4.69) is 38.1 Å². The molecule has 1 aliphatic heterocycles. The number of fused-ring (bicyclic) bond motifs is 1. The lowest BCUT2D eigenvalue weighted by Crippen LogP contribution is -2.33. The average molecular weight is 590 g/mol.